The fourth-order valence-electron chi connectivity index (χ4n) is 2.62. The highest BCUT2D eigenvalue weighted by atomic mass is 16.5. The zero-order chi connectivity index (χ0) is 16.1. The molecule has 1 saturated heterocycles. The third-order valence-electron chi connectivity index (χ3n) is 3.89. The first-order valence-corrected chi connectivity index (χ1v) is 7.77. The minimum atomic E-state index is -0.0224. The summed E-state index contributed by atoms with van der Waals surface area (Å²) in [6, 6.07) is 5.75. The van der Waals surface area contributed by atoms with Crippen molar-refractivity contribution in [2.75, 3.05) is 26.2 Å². The molecular weight excluding hydrogens is 294 g/mol. The fraction of sp³-hybridized carbons (Fsp3) is 0.438. The van der Waals surface area contributed by atoms with Crippen molar-refractivity contribution in [2.45, 2.75) is 20.0 Å². The lowest BCUT2D eigenvalue weighted by molar-refractivity contribution is 0.133. The van der Waals surface area contributed by atoms with Gasteiger partial charge in [-0.25, -0.2) is 4.79 Å². The Kier molecular flexibility index (Phi) is 4.87. The molecule has 3 rings (SSSR count). The average molecular weight is 315 g/mol. The molecule has 0 saturated carbocycles. The van der Waals surface area contributed by atoms with E-state index in [0.717, 1.165) is 49.7 Å². The van der Waals surface area contributed by atoms with Crippen molar-refractivity contribution in [3.05, 3.63) is 47.6 Å². The second-order valence-electron chi connectivity index (χ2n) is 5.71. The average Bonchev–Trinajstić information content (AvgIpc) is 2.99. The molecule has 0 bridgehead atoms. The molecule has 122 valence electrons. The minimum absolute atomic E-state index is 0.0224. The summed E-state index contributed by atoms with van der Waals surface area (Å²) in [5.41, 5.74) is 1.94. The molecule has 0 radical (unpaired) electrons. The van der Waals surface area contributed by atoms with Crippen molar-refractivity contribution < 1.29 is 9.32 Å². The summed E-state index contributed by atoms with van der Waals surface area (Å²) in [5.74, 6) is 0.827. The van der Waals surface area contributed by atoms with Crippen LogP contribution in [0.25, 0.3) is 0 Å². The van der Waals surface area contributed by atoms with Gasteiger partial charge in [-0.05, 0) is 18.6 Å². The number of aryl methyl sites for hydroxylation is 1. The third kappa shape index (κ3) is 4.29. The van der Waals surface area contributed by atoms with Gasteiger partial charge in [0.05, 0.1) is 5.69 Å². The van der Waals surface area contributed by atoms with Gasteiger partial charge >= 0.3 is 6.03 Å². The highest BCUT2D eigenvalue weighted by Gasteiger charge is 2.21. The molecule has 0 spiro atoms. The molecule has 2 aromatic rings. The van der Waals surface area contributed by atoms with Crippen molar-refractivity contribution in [1.82, 2.24) is 25.3 Å². The lowest BCUT2D eigenvalue weighted by Crippen LogP contribution is -2.51. The molecule has 1 aliphatic rings. The summed E-state index contributed by atoms with van der Waals surface area (Å²) in [4.78, 5) is 20.4. The second-order valence-corrected chi connectivity index (χ2v) is 5.71. The smallest absolute Gasteiger partial charge is 0.317 e. The Balaban J connectivity index is 1.42. The zero-order valence-electron chi connectivity index (χ0n) is 13.2. The van der Waals surface area contributed by atoms with Crippen LogP contribution < -0.4 is 5.32 Å². The number of carbonyl (C=O) groups excluding carboxylic acids is 1. The quantitative estimate of drug-likeness (QED) is 0.923. The van der Waals surface area contributed by atoms with Gasteiger partial charge in [0, 0.05) is 57.7 Å². The maximum absolute atomic E-state index is 12.2. The maximum atomic E-state index is 12.2. The Morgan fingerprint density at radius 1 is 1.35 bits per heavy atom. The van der Waals surface area contributed by atoms with Crippen LogP contribution in [0.4, 0.5) is 4.79 Å². The highest BCUT2D eigenvalue weighted by Crippen LogP contribution is 2.09. The van der Waals surface area contributed by atoms with Crippen LogP contribution >= 0.6 is 0 Å². The predicted octanol–water partition coefficient (Wildman–Crippen LogP) is 1.41. The molecule has 7 nitrogen and oxygen atoms in total. The Hall–Kier alpha value is -2.41. The Labute approximate surface area is 135 Å². The molecule has 2 aromatic heterocycles. The lowest BCUT2D eigenvalue weighted by Gasteiger charge is -2.34. The first-order chi connectivity index (χ1) is 11.2. The molecule has 0 unspecified atom stereocenters. The summed E-state index contributed by atoms with van der Waals surface area (Å²) < 4.78 is 5.08. The number of hydrogen-bond acceptors (Lipinski definition) is 5. The van der Waals surface area contributed by atoms with Crippen molar-refractivity contribution in [2.24, 2.45) is 0 Å². The van der Waals surface area contributed by atoms with Gasteiger partial charge in [0.15, 0.2) is 0 Å². The number of rotatable bonds is 4. The molecule has 1 aliphatic heterocycles. The van der Waals surface area contributed by atoms with Crippen LogP contribution in [0.1, 0.15) is 17.0 Å². The molecule has 0 aromatic carbocycles. The second kappa shape index (κ2) is 7.23. The van der Waals surface area contributed by atoms with E-state index in [4.69, 9.17) is 4.52 Å². The number of nitrogens with zero attached hydrogens (tertiary/aromatic N) is 4. The number of pyridine rings is 1. The van der Waals surface area contributed by atoms with Crippen molar-refractivity contribution in [3.8, 4) is 0 Å². The number of aromatic nitrogens is 2. The number of nitrogens with one attached hydrogen (secondary N) is 1. The lowest BCUT2D eigenvalue weighted by atomic mass is 10.3. The third-order valence-corrected chi connectivity index (χ3v) is 3.89. The monoisotopic (exact) mass is 315 g/mol. The van der Waals surface area contributed by atoms with E-state index in [9.17, 15) is 4.79 Å². The van der Waals surface area contributed by atoms with Crippen LogP contribution in [0.3, 0.4) is 0 Å². The maximum Gasteiger partial charge on any atom is 0.317 e. The summed E-state index contributed by atoms with van der Waals surface area (Å²) in [5, 5.41) is 6.95. The van der Waals surface area contributed by atoms with Gasteiger partial charge in [0.2, 0.25) is 0 Å². The fourth-order valence-corrected chi connectivity index (χ4v) is 2.62. The molecule has 1 N–H and O–H groups in total. The van der Waals surface area contributed by atoms with Gasteiger partial charge in [0.25, 0.3) is 0 Å². The van der Waals surface area contributed by atoms with Crippen LogP contribution in [0.15, 0.2) is 35.1 Å². The van der Waals surface area contributed by atoms with E-state index < -0.39 is 0 Å². The summed E-state index contributed by atoms with van der Waals surface area (Å²) in [6.45, 7) is 6.28. The highest BCUT2D eigenvalue weighted by molar-refractivity contribution is 5.74. The van der Waals surface area contributed by atoms with Crippen LogP contribution in [-0.4, -0.2) is 52.2 Å². The SMILES string of the molecule is Cc1cc(CN2CCN(C(=O)NCc3cccnc3)CC2)no1. The van der Waals surface area contributed by atoms with Crippen molar-refractivity contribution >= 4 is 6.03 Å². The van der Waals surface area contributed by atoms with Crippen LogP contribution in [0.5, 0.6) is 0 Å². The largest absolute Gasteiger partial charge is 0.361 e. The molecule has 0 atom stereocenters. The van der Waals surface area contributed by atoms with Gasteiger partial charge in [-0.2, -0.15) is 0 Å². The molecule has 23 heavy (non-hydrogen) atoms. The minimum Gasteiger partial charge on any atom is -0.361 e. The number of carbonyl (C=O) groups is 1. The van der Waals surface area contributed by atoms with E-state index in [1.165, 1.54) is 0 Å². The molecular formula is C16H21N5O2. The van der Waals surface area contributed by atoms with E-state index in [0.29, 0.717) is 6.54 Å². The number of hydrogen-bond donors (Lipinski definition) is 1. The molecule has 7 heteroatoms. The normalized spacial score (nSPS) is 15.6. The first-order valence-electron chi connectivity index (χ1n) is 7.77. The first kappa shape index (κ1) is 15.5. The van der Waals surface area contributed by atoms with Gasteiger partial charge in [0.1, 0.15) is 5.76 Å². The van der Waals surface area contributed by atoms with Crippen molar-refractivity contribution in [3.63, 3.8) is 0 Å². The summed E-state index contributed by atoms with van der Waals surface area (Å²) in [6.07, 6.45) is 3.49. The van der Waals surface area contributed by atoms with E-state index in [1.54, 1.807) is 12.4 Å². The summed E-state index contributed by atoms with van der Waals surface area (Å²) >= 11 is 0. The Morgan fingerprint density at radius 3 is 2.83 bits per heavy atom. The van der Waals surface area contributed by atoms with E-state index in [2.05, 4.69) is 20.4 Å². The van der Waals surface area contributed by atoms with E-state index in [-0.39, 0.29) is 6.03 Å². The van der Waals surface area contributed by atoms with Gasteiger partial charge in [-0.3, -0.25) is 9.88 Å². The Morgan fingerprint density at radius 2 is 2.17 bits per heavy atom. The van der Waals surface area contributed by atoms with Crippen LogP contribution in [-0.2, 0) is 13.1 Å². The Bertz CT molecular complexity index is 635. The standard InChI is InChI=1S/C16H21N5O2/c1-13-9-15(19-23-13)12-20-5-7-21(8-6-20)16(22)18-11-14-3-2-4-17-10-14/h2-4,9-10H,5-8,11-12H2,1H3,(H,18,22). The van der Waals surface area contributed by atoms with Crippen molar-refractivity contribution in [1.29, 1.82) is 0 Å². The topological polar surface area (TPSA) is 74.5 Å². The van der Waals surface area contributed by atoms with Gasteiger partial charge < -0.3 is 14.7 Å². The van der Waals surface area contributed by atoms with E-state index >= 15 is 0 Å². The number of amides is 2. The molecule has 3 heterocycles. The predicted molar refractivity (Wildman–Crippen MR) is 84.6 cm³/mol. The zero-order valence-corrected chi connectivity index (χ0v) is 13.2. The van der Waals surface area contributed by atoms with Crippen LogP contribution in [0.2, 0.25) is 0 Å². The van der Waals surface area contributed by atoms with Gasteiger partial charge in [-0.15, -0.1) is 0 Å². The van der Waals surface area contributed by atoms with Gasteiger partial charge in [-0.1, -0.05) is 11.2 Å². The van der Waals surface area contributed by atoms with Crippen LogP contribution in [0, 0.1) is 6.92 Å². The number of urea groups is 1. The number of piperazine rings is 1. The molecule has 1 fully saturated rings. The van der Waals surface area contributed by atoms with E-state index in [1.807, 2.05) is 30.0 Å². The molecule has 0 aliphatic carbocycles. The molecule has 2 amide bonds. The summed E-state index contributed by atoms with van der Waals surface area (Å²) in [7, 11) is 0.